The van der Waals surface area contributed by atoms with E-state index in [0.717, 1.165) is 17.5 Å². The van der Waals surface area contributed by atoms with Crippen LogP contribution in [0.1, 0.15) is 82.8 Å². The molecule has 0 saturated carbocycles. The van der Waals surface area contributed by atoms with Crippen LogP contribution in [-0.4, -0.2) is 112 Å². The van der Waals surface area contributed by atoms with Crippen LogP contribution in [-0.2, 0) is 41.6 Å². The van der Waals surface area contributed by atoms with Crippen molar-refractivity contribution < 1.29 is 33.9 Å². The van der Waals surface area contributed by atoms with Gasteiger partial charge in [-0.15, -0.1) is 0 Å². The smallest absolute Gasteiger partial charge is 0.320 e. The minimum absolute atomic E-state index is 0.000984. The van der Waals surface area contributed by atoms with Crippen LogP contribution in [0.15, 0.2) is 60.7 Å². The summed E-state index contributed by atoms with van der Waals surface area (Å²) >= 11 is 0. The van der Waals surface area contributed by atoms with Gasteiger partial charge in [-0.25, -0.2) is 0 Å². The Morgan fingerprint density at radius 3 is 1.82 bits per heavy atom. The number of hydrogen-bond donors (Lipinski definition) is 7. The number of carbonyl (C=O) groups excluding carboxylic acids is 5. The Morgan fingerprint density at radius 1 is 0.702 bits per heavy atom. The summed E-state index contributed by atoms with van der Waals surface area (Å²) in [5.41, 5.74) is 19.3. The number of aliphatic carboxylic acids is 1. The number of likely N-dealkylation sites (tertiary alicyclic amines) is 2. The topological polar surface area (TPSA) is 243 Å². The fourth-order valence-electron chi connectivity index (χ4n) is 7.57. The normalized spacial score (nSPS) is 18.7. The number of carbonyl (C=O) groups is 6. The number of hydrogen-bond acceptors (Lipinski definition) is 9. The van der Waals surface area contributed by atoms with E-state index in [1.807, 2.05) is 74.5 Å². The lowest BCUT2D eigenvalue weighted by Gasteiger charge is -2.57. The number of fused-ring (bicyclic) bond motifs is 2. The molecule has 2 aliphatic heterocycles. The molecule has 2 aliphatic rings. The van der Waals surface area contributed by atoms with E-state index in [9.17, 15) is 28.8 Å². The van der Waals surface area contributed by atoms with E-state index in [0.29, 0.717) is 58.2 Å². The summed E-state index contributed by atoms with van der Waals surface area (Å²) < 4.78 is 0. The molecule has 0 aliphatic carbocycles. The van der Waals surface area contributed by atoms with Gasteiger partial charge in [0, 0.05) is 25.9 Å². The number of nitrogens with two attached hydrogens (primary N) is 3. The first kappa shape index (κ1) is 44.8. The highest BCUT2D eigenvalue weighted by atomic mass is 16.4. The molecule has 312 valence electrons. The Bertz CT molecular complexity index is 1630. The van der Waals surface area contributed by atoms with Crippen LogP contribution < -0.4 is 33.2 Å². The van der Waals surface area contributed by atoms with Crippen LogP contribution in [0.25, 0.3) is 0 Å². The Kier molecular flexibility index (Phi) is 17.4. The van der Waals surface area contributed by atoms with Gasteiger partial charge in [-0.3, -0.25) is 28.8 Å². The van der Waals surface area contributed by atoms with Crippen molar-refractivity contribution >= 4 is 35.5 Å². The number of nitrogens with zero attached hydrogens (tertiary/aromatic N) is 2. The minimum atomic E-state index is -1.06. The summed E-state index contributed by atoms with van der Waals surface area (Å²) in [4.78, 5) is 83.1. The maximum atomic E-state index is 14.1. The van der Waals surface area contributed by atoms with Crippen LogP contribution in [0.2, 0.25) is 0 Å². The van der Waals surface area contributed by atoms with Crippen molar-refractivity contribution in [1.29, 1.82) is 0 Å². The predicted octanol–water partition coefficient (Wildman–Crippen LogP) is 1.21. The lowest BCUT2D eigenvalue weighted by atomic mass is 9.85. The molecule has 2 aromatic carbocycles. The minimum Gasteiger partial charge on any atom is -0.480 e. The molecular formula is C42H62N8O7. The van der Waals surface area contributed by atoms with Crippen molar-refractivity contribution in [2.24, 2.45) is 23.1 Å². The lowest BCUT2D eigenvalue weighted by Crippen LogP contribution is -2.73. The van der Waals surface area contributed by atoms with Crippen molar-refractivity contribution in [3.05, 3.63) is 71.8 Å². The number of carboxylic acids is 1. The van der Waals surface area contributed by atoms with Gasteiger partial charge in [0.25, 0.3) is 0 Å². The van der Waals surface area contributed by atoms with E-state index in [1.165, 1.54) is 0 Å². The number of unbranched alkanes of at least 4 members (excludes halogenated alkanes) is 2. The van der Waals surface area contributed by atoms with Gasteiger partial charge in [-0.1, -0.05) is 80.9 Å². The van der Waals surface area contributed by atoms with Gasteiger partial charge in [0.15, 0.2) is 0 Å². The third-order valence-corrected chi connectivity index (χ3v) is 10.7. The van der Waals surface area contributed by atoms with Gasteiger partial charge in [-0.05, 0) is 75.0 Å². The number of piperidine rings is 1. The van der Waals surface area contributed by atoms with Gasteiger partial charge >= 0.3 is 5.97 Å². The maximum Gasteiger partial charge on any atom is 0.320 e. The quantitative estimate of drug-likeness (QED) is 0.0794. The summed E-state index contributed by atoms with van der Waals surface area (Å²) in [6.45, 7) is 5.06. The molecule has 2 bridgehead atoms. The molecule has 4 rings (SSSR count). The van der Waals surface area contributed by atoms with Crippen molar-refractivity contribution in [3.8, 4) is 0 Å². The number of nitrogens with one attached hydrogen (secondary N) is 3. The van der Waals surface area contributed by atoms with E-state index in [1.54, 1.807) is 9.80 Å². The monoisotopic (exact) mass is 790 g/mol. The number of carboxylic acid groups (broad SMARTS) is 1. The molecule has 2 heterocycles. The number of amides is 5. The standard InChI is InChI=1S/C42H62N8O7/c1-27(2)21-35(48-40(54)36(23-29-15-7-4-8-16-29)47-38(52)33(45)22-28-13-5-3-6-14-28)39(53)46-34(18-11-12-20-43)41(55)50-30-24-31(50)26-49(25-30)37(51)19-10-9-17-32(44)42(56)57/h3-8,13-16,27,30-36H,9-12,17-26,43-45H2,1-2H3,(H,46,53)(H,47,52)(H,48,54)(H,56,57). The summed E-state index contributed by atoms with van der Waals surface area (Å²) in [7, 11) is 0. The largest absolute Gasteiger partial charge is 0.480 e. The fourth-order valence-corrected chi connectivity index (χ4v) is 7.57. The highest BCUT2D eigenvalue weighted by molar-refractivity contribution is 5.95. The van der Waals surface area contributed by atoms with Gasteiger partial charge in [0.1, 0.15) is 24.2 Å². The van der Waals surface area contributed by atoms with Crippen LogP contribution in [0, 0.1) is 5.92 Å². The zero-order valence-electron chi connectivity index (χ0n) is 33.3. The van der Waals surface area contributed by atoms with Crippen molar-refractivity contribution in [2.45, 2.75) is 127 Å². The van der Waals surface area contributed by atoms with E-state index in [-0.39, 0.29) is 55.5 Å². The van der Waals surface area contributed by atoms with Gasteiger partial charge in [0.2, 0.25) is 29.5 Å². The number of rotatable bonds is 23. The molecule has 2 fully saturated rings. The first-order chi connectivity index (χ1) is 27.3. The van der Waals surface area contributed by atoms with Crippen molar-refractivity contribution in [2.75, 3.05) is 19.6 Å². The van der Waals surface area contributed by atoms with Gasteiger partial charge in [0.05, 0.1) is 18.1 Å². The first-order valence-corrected chi connectivity index (χ1v) is 20.3. The average molecular weight is 791 g/mol. The zero-order valence-corrected chi connectivity index (χ0v) is 33.3. The SMILES string of the molecule is CC(C)CC(NC(=O)C(Cc1ccccc1)NC(=O)C(N)Cc1ccccc1)C(=O)NC(CCCCN)C(=O)N1C2CC1CN(C(=O)CCCCC(N)C(=O)O)C2. The molecule has 7 unspecified atom stereocenters. The molecule has 0 aromatic heterocycles. The predicted molar refractivity (Wildman–Crippen MR) is 216 cm³/mol. The van der Waals surface area contributed by atoms with E-state index in [4.69, 9.17) is 22.3 Å². The molecule has 10 N–H and O–H groups in total. The summed E-state index contributed by atoms with van der Waals surface area (Å²) in [6.07, 6.45) is 4.72. The second-order valence-electron chi connectivity index (χ2n) is 15.9. The van der Waals surface area contributed by atoms with Gasteiger partial charge in [-0.2, -0.15) is 0 Å². The number of benzene rings is 2. The molecule has 2 saturated heterocycles. The summed E-state index contributed by atoms with van der Waals surface area (Å²) in [6, 6.07) is 13.5. The second kappa shape index (κ2) is 22.2. The average Bonchev–Trinajstić information content (AvgIpc) is 3.18. The third kappa shape index (κ3) is 13.6. The van der Waals surface area contributed by atoms with E-state index < -0.39 is 53.9 Å². The molecule has 15 nitrogen and oxygen atoms in total. The van der Waals surface area contributed by atoms with Gasteiger partial charge < -0.3 is 48.1 Å². The third-order valence-electron chi connectivity index (χ3n) is 10.7. The molecule has 15 heteroatoms. The summed E-state index contributed by atoms with van der Waals surface area (Å²) in [5.74, 6) is -2.87. The second-order valence-corrected chi connectivity index (χ2v) is 15.9. The lowest BCUT2D eigenvalue weighted by molar-refractivity contribution is -0.163. The fraction of sp³-hybridized carbons (Fsp3) is 0.571. The Labute approximate surface area is 335 Å². The zero-order chi connectivity index (χ0) is 41.5. The van der Waals surface area contributed by atoms with E-state index >= 15 is 0 Å². The van der Waals surface area contributed by atoms with Crippen LogP contribution in [0.5, 0.6) is 0 Å². The molecule has 2 aromatic rings. The molecule has 57 heavy (non-hydrogen) atoms. The Morgan fingerprint density at radius 2 is 1.25 bits per heavy atom. The molecule has 0 radical (unpaired) electrons. The van der Waals surface area contributed by atoms with Crippen LogP contribution >= 0.6 is 0 Å². The first-order valence-electron chi connectivity index (χ1n) is 20.3. The molecular weight excluding hydrogens is 729 g/mol. The Hall–Kier alpha value is -4.86. The highest BCUT2D eigenvalue weighted by Crippen LogP contribution is 2.34. The summed E-state index contributed by atoms with van der Waals surface area (Å²) in [5, 5.41) is 17.7. The van der Waals surface area contributed by atoms with E-state index in [2.05, 4.69) is 16.0 Å². The van der Waals surface area contributed by atoms with Crippen LogP contribution in [0.4, 0.5) is 0 Å². The van der Waals surface area contributed by atoms with Crippen LogP contribution in [0.3, 0.4) is 0 Å². The Balaban J connectivity index is 1.42. The highest BCUT2D eigenvalue weighted by Gasteiger charge is 2.49. The molecule has 7 atom stereocenters. The van der Waals surface area contributed by atoms with Crippen molar-refractivity contribution in [1.82, 2.24) is 25.8 Å². The number of piperazine rings is 1. The van der Waals surface area contributed by atoms with Crippen molar-refractivity contribution in [3.63, 3.8) is 0 Å². The maximum absolute atomic E-state index is 14.1. The molecule has 5 amide bonds. The molecule has 0 spiro atoms.